The molecule has 2 atom stereocenters. The average molecular weight is 463 g/mol. The van der Waals surface area contributed by atoms with Crippen molar-refractivity contribution in [3.63, 3.8) is 0 Å². The van der Waals surface area contributed by atoms with E-state index >= 15 is 0 Å². The Morgan fingerprint density at radius 2 is 2.08 bits per heavy atom. The van der Waals surface area contributed by atoms with Gasteiger partial charge >= 0.3 is 0 Å². The van der Waals surface area contributed by atoms with Crippen LogP contribution >= 0.6 is 24.0 Å². The first-order valence-corrected chi connectivity index (χ1v) is 10.1. The Morgan fingerprint density at radius 1 is 1.29 bits per heavy atom. The molecule has 0 aromatic heterocycles. The fourth-order valence-electron chi connectivity index (χ4n) is 3.58. The van der Waals surface area contributed by atoms with Crippen molar-refractivity contribution in [1.82, 2.24) is 10.6 Å². The molecule has 0 amide bonds. The van der Waals surface area contributed by atoms with Gasteiger partial charge in [0.25, 0.3) is 0 Å². The smallest absolute Gasteiger partial charge is 0.191 e. The van der Waals surface area contributed by atoms with Gasteiger partial charge in [0.1, 0.15) is 0 Å². The van der Waals surface area contributed by atoms with E-state index in [0.29, 0.717) is 18.3 Å². The largest absolute Gasteiger partial charge is 0.356 e. The summed E-state index contributed by atoms with van der Waals surface area (Å²) in [6.07, 6.45) is 4.23. The second kappa shape index (κ2) is 8.51. The van der Waals surface area contributed by atoms with Crippen molar-refractivity contribution in [2.24, 2.45) is 4.99 Å². The molecule has 2 aliphatic rings. The van der Waals surface area contributed by atoms with Gasteiger partial charge in [-0.1, -0.05) is 24.3 Å². The molecular weight excluding hydrogens is 437 g/mol. The van der Waals surface area contributed by atoms with E-state index in [-0.39, 0.29) is 41.5 Å². The first-order chi connectivity index (χ1) is 11.1. The highest BCUT2D eigenvalue weighted by Crippen LogP contribution is 2.30. The second-order valence-corrected chi connectivity index (χ2v) is 8.71. The van der Waals surface area contributed by atoms with Crippen LogP contribution in [0.2, 0.25) is 0 Å². The van der Waals surface area contributed by atoms with E-state index in [1.54, 1.807) is 7.05 Å². The normalized spacial score (nSPS) is 25.5. The van der Waals surface area contributed by atoms with E-state index in [4.69, 9.17) is 0 Å². The highest BCUT2D eigenvalue weighted by atomic mass is 127. The third-order valence-electron chi connectivity index (χ3n) is 4.81. The third-order valence-corrected chi connectivity index (χ3v) is 6.57. The summed E-state index contributed by atoms with van der Waals surface area (Å²) in [7, 11) is -1.14. The zero-order valence-electron chi connectivity index (χ0n) is 14.0. The maximum atomic E-state index is 11.6. The summed E-state index contributed by atoms with van der Waals surface area (Å²) >= 11 is 0. The molecule has 1 aliphatic heterocycles. The molecule has 1 aromatic rings. The average Bonchev–Trinajstić information content (AvgIpc) is 2.90. The molecule has 134 valence electrons. The van der Waals surface area contributed by atoms with Crippen molar-refractivity contribution in [3.8, 4) is 0 Å². The van der Waals surface area contributed by atoms with Gasteiger partial charge in [-0.05, 0) is 36.8 Å². The predicted molar refractivity (Wildman–Crippen MR) is 109 cm³/mol. The molecule has 3 rings (SSSR count). The number of hydrogen-bond acceptors (Lipinski definition) is 3. The van der Waals surface area contributed by atoms with Crippen molar-refractivity contribution in [1.29, 1.82) is 0 Å². The van der Waals surface area contributed by atoms with Crippen LogP contribution in [0.15, 0.2) is 29.3 Å². The van der Waals surface area contributed by atoms with Crippen molar-refractivity contribution in [2.45, 2.75) is 37.6 Å². The molecule has 1 heterocycles. The summed E-state index contributed by atoms with van der Waals surface area (Å²) in [6.45, 7) is 0.830. The molecule has 1 aromatic carbocycles. The number of fused-ring (bicyclic) bond motifs is 1. The Morgan fingerprint density at radius 3 is 2.79 bits per heavy atom. The van der Waals surface area contributed by atoms with Crippen molar-refractivity contribution in [3.05, 3.63) is 35.4 Å². The number of sulfone groups is 1. The summed E-state index contributed by atoms with van der Waals surface area (Å²) < 4.78 is 23.1. The second-order valence-electron chi connectivity index (χ2n) is 6.49. The quantitative estimate of drug-likeness (QED) is 0.409. The molecule has 0 bridgehead atoms. The summed E-state index contributed by atoms with van der Waals surface area (Å²) in [6, 6.07) is 8.63. The first-order valence-electron chi connectivity index (χ1n) is 8.33. The maximum absolute atomic E-state index is 11.6. The third kappa shape index (κ3) is 4.84. The van der Waals surface area contributed by atoms with Gasteiger partial charge in [0.2, 0.25) is 0 Å². The first kappa shape index (κ1) is 19.5. The van der Waals surface area contributed by atoms with Crippen LogP contribution in [-0.4, -0.2) is 45.5 Å². The summed E-state index contributed by atoms with van der Waals surface area (Å²) in [5.41, 5.74) is 2.89. The van der Waals surface area contributed by atoms with E-state index in [0.717, 1.165) is 6.54 Å². The molecule has 0 radical (unpaired) electrons. The van der Waals surface area contributed by atoms with Crippen LogP contribution in [0, 0.1) is 0 Å². The SMILES string of the molecule is CN=C(NCC1CCCc2ccccc21)NC1CCS(=O)(=O)C1.I. The lowest BCUT2D eigenvalue weighted by Crippen LogP contribution is -2.45. The minimum absolute atomic E-state index is 0. The van der Waals surface area contributed by atoms with Crippen LogP contribution in [-0.2, 0) is 16.3 Å². The maximum Gasteiger partial charge on any atom is 0.191 e. The fourth-order valence-corrected chi connectivity index (χ4v) is 5.26. The number of benzene rings is 1. The summed E-state index contributed by atoms with van der Waals surface area (Å²) in [4.78, 5) is 4.24. The van der Waals surface area contributed by atoms with Gasteiger partial charge in [-0.25, -0.2) is 8.42 Å². The number of rotatable bonds is 3. The summed E-state index contributed by atoms with van der Waals surface area (Å²) in [5.74, 6) is 1.68. The van der Waals surface area contributed by atoms with Gasteiger partial charge in [-0.15, -0.1) is 24.0 Å². The minimum Gasteiger partial charge on any atom is -0.356 e. The van der Waals surface area contributed by atoms with Crippen molar-refractivity contribution >= 4 is 39.8 Å². The predicted octanol–water partition coefficient (Wildman–Crippen LogP) is 2.08. The zero-order valence-corrected chi connectivity index (χ0v) is 17.1. The Kier molecular flexibility index (Phi) is 6.91. The molecule has 24 heavy (non-hydrogen) atoms. The Bertz CT molecular complexity index is 691. The van der Waals surface area contributed by atoms with Gasteiger partial charge in [0.05, 0.1) is 11.5 Å². The van der Waals surface area contributed by atoms with Gasteiger partial charge in [-0.3, -0.25) is 4.99 Å². The molecule has 1 fully saturated rings. The van der Waals surface area contributed by atoms with Gasteiger partial charge in [0, 0.05) is 25.6 Å². The Balaban J connectivity index is 0.00000208. The number of halogens is 1. The van der Waals surface area contributed by atoms with Gasteiger partial charge in [0.15, 0.2) is 15.8 Å². The number of aryl methyl sites for hydroxylation is 1. The molecule has 0 spiro atoms. The molecule has 7 heteroatoms. The number of guanidine groups is 1. The van der Waals surface area contributed by atoms with E-state index in [1.165, 1.54) is 30.4 Å². The Hall–Kier alpha value is -0.830. The van der Waals surface area contributed by atoms with Crippen LogP contribution in [0.3, 0.4) is 0 Å². The van der Waals surface area contributed by atoms with Gasteiger partial charge < -0.3 is 10.6 Å². The van der Waals surface area contributed by atoms with Crippen LogP contribution in [0.25, 0.3) is 0 Å². The molecule has 0 saturated carbocycles. The molecular formula is C17H26IN3O2S. The van der Waals surface area contributed by atoms with Crippen LogP contribution < -0.4 is 10.6 Å². The van der Waals surface area contributed by atoms with Crippen LogP contribution in [0.1, 0.15) is 36.3 Å². The number of nitrogens with zero attached hydrogens (tertiary/aromatic N) is 1. The summed E-state index contributed by atoms with van der Waals surface area (Å²) in [5, 5.41) is 6.62. The number of aliphatic imine (C=N–C) groups is 1. The minimum atomic E-state index is -2.87. The molecule has 1 aliphatic carbocycles. The standard InChI is InChI=1S/C17H25N3O2S.HI/c1-18-17(20-15-9-10-23(21,22)12-15)19-11-14-7-4-6-13-5-2-3-8-16(13)14;/h2-3,5,8,14-15H,4,6-7,9-12H2,1H3,(H2,18,19,20);1H. The van der Waals surface area contributed by atoms with Crippen LogP contribution in [0.4, 0.5) is 0 Å². The van der Waals surface area contributed by atoms with Crippen molar-refractivity contribution < 1.29 is 8.42 Å². The molecule has 1 saturated heterocycles. The van der Waals surface area contributed by atoms with Gasteiger partial charge in [-0.2, -0.15) is 0 Å². The molecule has 5 nitrogen and oxygen atoms in total. The fraction of sp³-hybridized carbons (Fsp3) is 0.588. The Labute approximate surface area is 161 Å². The lowest BCUT2D eigenvalue weighted by atomic mass is 9.83. The van der Waals surface area contributed by atoms with E-state index in [2.05, 4.69) is 39.9 Å². The molecule has 2 unspecified atom stereocenters. The highest BCUT2D eigenvalue weighted by Gasteiger charge is 2.28. The lowest BCUT2D eigenvalue weighted by Gasteiger charge is -2.26. The monoisotopic (exact) mass is 463 g/mol. The highest BCUT2D eigenvalue weighted by molar-refractivity contribution is 14.0. The number of hydrogen-bond donors (Lipinski definition) is 2. The topological polar surface area (TPSA) is 70.6 Å². The number of nitrogens with one attached hydrogen (secondary N) is 2. The zero-order chi connectivity index (χ0) is 16.3. The van der Waals surface area contributed by atoms with E-state index in [1.807, 2.05) is 0 Å². The lowest BCUT2D eigenvalue weighted by molar-refractivity contribution is 0.536. The van der Waals surface area contributed by atoms with E-state index in [9.17, 15) is 8.42 Å². The van der Waals surface area contributed by atoms with E-state index < -0.39 is 9.84 Å². The van der Waals surface area contributed by atoms with Crippen LogP contribution in [0.5, 0.6) is 0 Å². The van der Waals surface area contributed by atoms with Crippen molar-refractivity contribution in [2.75, 3.05) is 25.1 Å². The molecule has 2 N–H and O–H groups in total.